The van der Waals surface area contributed by atoms with E-state index in [1.807, 2.05) is 0 Å². The van der Waals surface area contributed by atoms with Gasteiger partial charge in [0.2, 0.25) is 0 Å². The Hall–Kier alpha value is -1.56. The Balaban J connectivity index is 2.02. The molecule has 86 valence electrons. The van der Waals surface area contributed by atoms with E-state index in [1.165, 1.54) is 0 Å². The van der Waals surface area contributed by atoms with E-state index < -0.39 is 0 Å². The van der Waals surface area contributed by atoms with Gasteiger partial charge in [0.25, 0.3) is 0 Å². The van der Waals surface area contributed by atoms with Gasteiger partial charge >= 0.3 is 6.03 Å². The molecule has 1 fully saturated rings. The van der Waals surface area contributed by atoms with Crippen LogP contribution in [0.15, 0.2) is 6.33 Å². The number of carbonyl (C=O) groups excluding carboxylic acids is 1. The average Bonchev–Trinajstić information content (AvgIpc) is 2.78. The van der Waals surface area contributed by atoms with Gasteiger partial charge in [-0.15, -0.1) is 0 Å². The van der Waals surface area contributed by atoms with Crippen molar-refractivity contribution in [3.8, 4) is 0 Å². The molecular weight excluding hydrogens is 208 g/mol. The minimum atomic E-state index is -0.314. The van der Waals surface area contributed by atoms with Crippen LogP contribution in [0.4, 0.5) is 4.79 Å². The van der Waals surface area contributed by atoms with Gasteiger partial charge in [-0.3, -0.25) is 5.21 Å². The third kappa shape index (κ3) is 1.10. The summed E-state index contributed by atoms with van der Waals surface area (Å²) in [5, 5.41) is 10.4. The number of imidazole rings is 1. The van der Waals surface area contributed by atoms with Crippen LogP contribution in [-0.4, -0.2) is 37.3 Å². The smallest absolute Gasteiger partial charge is 0.333 e. The number of aryl methyl sites for hydroxylation is 1. The summed E-state index contributed by atoms with van der Waals surface area (Å²) in [4.78, 5) is 17.6. The zero-order valence-electron chi connectivity index (χ0n) is 9.13. The number of hydroxylamine groups is 2. The minimum absolute atomic E-state index is 0.283. The fourth-order valence-corrected chi connectivity index (χ4v) is 2.46. The number of hydrogen-bond acceptors (Lipinski definition) is 3. The lowest BCUT2D eigenvalue weighted by Crippen LogP contribution is -2.29. The lowest BCUT2D eigenvalue weighted by molar-refractivity contribution is -0.0596. The highest BCUT2D eigenvalue weighted by Gasteiger charge is 2.44. The Morgan fingerprint density at radius 3 is 3.19 bits per heavy atom. The molecule has 0 spiro atoms. The Bertz CT molecular complexity index is 442. The van der Waals surface area contributed by atoms with Gasteiger partial charge in [0, 0.05) is 6.54 Å². The van der Waals surface area contributed by atoms with Crippen molar-refractivity contribution >= 4 is 6.03 Å². The molecule has 2 aliphatic rings. The van der Waals surface area contributed by atoms with Gasteiger partial charge in [-0.25, -0.2) is 9.78 Å². The maximum atomic E-state index is 11.6. The zero-order chi connectivity index (χ0) is 11.3. The molecule has 1 N–H and O–H groups in total. The Morgan fingerprint density at radius 2 is 2.44 bits per heavy atom. The summed E-state index contributed by atoms with van der Waals surface area (Å²) >= 11 is 0. The first-order chi connectivity index (χ1) is 7.72. The van der Waals surface area contributed by atoms with Gasteiger partial charge in [-0.05, 0) is 6.42 Å². The summed E-state index contributed by atoms with van der Waals surface area (Å²) in [6.45, 7) is 4.11. The third-order valence-corrected chi connectivity index (χ3v) is 3.25. The number of amides is 2. The molecule has 16 heavy (non-hydrogen) atoms. The number of nitrogens with zero attached hydrogens (tertiary/aromatic N) is 4. The Labute approximate surface area is 93.0 Å². The Morgan fingerprint density at radius 1 is 1.62 bits per heavy atom. The summed E-state index contributed by atoms with van der Waals surface area (Å²) in [7, 11) is 0. The van der Waals surface area contributed by atoms with E-state index in [2.05, 4.69) is 16.5 Å². The van der Waals surface area contributed by atoms with Crippen LogP contribution in [0.3, 0.4) is 0 Å². The lowest BCUT2D eigenvalue weighted by atomic mass is 10.1. The molecule has 1 atom stereocenters. The second-order valence-electron chi connectivity index (χ2n) is 4.29. The van der Waals surface area contributed by atoms with Crippen LogP contribution in [0.25, 0.3) is 0 Å². The van der Waals surface area contributed by atoms with Crippen LogP contribution in [-0.2, 0) is 13.1 Å². The standard InChI is InChI=1S/C10H14N4O2/c1-2-3-12-6-11-9-7(12)4-13-5-8(9)14(16)10(13)15/h6,8,16H,2-5H2,1H3. The van der Waals surface area contributed by atoms with Crippen LogP contribution in [0, 0.1) is 0 Å². The molecule has 3 heterocycles. The SMILES string of the molecule is CCCn1cnc2c1CN1CC2N(O)C1=O. The normalized spacial score (nSPS) is 22.9. The van der Waals surface area contributed by atoms with Gasteiger partial charge in [0.15, 0.2) is 0 Å². The number of aromatic nitrogens is 2. The van der Waals surface area contributed by atoms with Crippen molar-refractivity contribution < 1.29 is 10.0 Å². The molecular formula is C10H14N4O2. The molecule has 6 nitrogen and oxygen atoms in total. The molecule has 0 aromatic carbocycles. The highest BCUT2D eigenvalue weighted by molar-refractivity contribution is 5.77. The fraction of sp³-hybridized carbons (Fsp3) is 0.600. The summed E-state index contributed by atoms with van der Waals surface area (Å²) < 4.78 is 2.07. The molecule has 1 unspecified atom stereocenters. The number of carbonyl (C=O) groups is 1. The van der Waals surface area contributed by atoms with Crippen molar-refractivity contribution in [1.82, 2.24) is 19.5 Å². The first-order valence-electron chi connectivity index (χ1n) is 5.53. The zero-order valence-corrected chi connectivity index (χ0v) is 9.13. The summed E-state index contributed by atoms with van der Waals surface area (Å²) in [6, 6.07) is -0.597. The molecule has 3 rings (SSSR count). The van der Waals surface area contributed by atoms with Crippen molar-refractivity contribution in [1.29, 1.82) is 0 Å². The van der Waals surface area contributed by atoms with E-state index in [0.717, 1.165) is 29.4 Å². The lowest BCUT2D eigenvalue weighted by Gasteiger charge is -2.21. The first-order valence-corrected chi connectivity index (χ1v) is 5.53. The molecule has 0 saturated carbocycles. The van der Waals surface area contributed by atoms with Gasteiger partial charge in [0.1, 0.15) is 6.04 Å². The van der Waals surface area contributed by atoms with Crippen LogP contribution >= 0.6 is 0 Å². The van der Waals surface area contributed by atoms with Crippen molar-refractivity contribution in [2.24, 2.45) is 0 Å². The summed E-state index contributed by atoms with van der Waals surface area (Å²) in [5.74, 6) is 0. The first kappa shape index (κ1) is 9.65. The molecule has 1 saturated heterocycles. The summed E-state index contributed by atoms with van der Waals surface area (Å²) in [6.07, 6.45) is 2.83. The second-order valence-corrected chi connectivity index (χ2v) is 4.29. The van der Waals surface area contributed by atoms with E-state index in [4.69, 9.17) is 0 Å². The fourth-order valence-electron chi connectivity index (χ4n) is 2.46. The van der Waals surface area contributed by atoms with Gasteiger partial charge in [0.05, 0.1) is 30.8 Å². The molecule has 6 heteroatoms. The number of hydrogen-bond donors (Lipinski definition) is 1. The number of fused-ring (bicyclic) bond motifs is 4. The van der Waals surface area contributed by atoms with Crippen LogP contribution in [0.5, 0.6) is 0 Å². The van der Waals surface area contributed by atoms with Crippen molar-refractivity contribution in [2.75, 3.05) is 6.54 Å². The van der Waals surface area contributed by atoms with Crippen molar-refractivity contribution in [2.45, 2.75) is 32.5 Å². The van der Waals surface area contributed by atoms with E-state index in [-0.39, 0.29) is 12.1 Å². The van der Waals surface area contributed by atoms with Crippen LogP contribution < -0.4 is 0 Å². The van der Waals surface area contributed by atoms with E-state index in [0.29, 0.717) is 13.1 Å². The topological polar surface area (TPSA) is 61.6 Å². The molecule has 2 amide bonds. The predicted octanol–water partition coefficient (Wildman–Crippen LogP) is 0.975. The highest BCUT2D eigenvalue weighted by Crippen LogP contribution is 2.35. The number of rotatable bonds is 2. The van der Waals surface area contributed by atoms with Gasteiger partial charge in [-0.1, -0.05) is 6.92 Å². The average molecular weight is 222 g/mol. The van der Waals surface area contributed by atoms with Gasteiger partial charge < -0.3 is 9.47 Å². The summed E-state index contributed by atoms with van der Waals surface area (Å²) in [5.41, 5.74) is 1.90. The van der Waals surface area contributed by atoms with Crippen LogP contribution in [0.2, 0.25) is 0 Å². The molecule has 1 aromatic heterocycles. The van der Waals surface area contributed by atoms with E-state index >= 15 is 0 Å². The maximum Gasteiger partial charge on any atom is 0.344 e. The molecule has 2 bridgehead atoms. The largest absolute Gasteiger partial charge is 0.344 e. The van der Waals surface area contributed by atoms with Crippen molar-refractivity contribution in [3.63, 3.8) is 0 Å². The third-order valence-electron chi connectivity index (χ3n) is 3.25. The van der Waals surface area contributed by atoms with Crippen molar-refractivity contribution in [3.05, 3.63) is 17.7 Å². The molecule has 1 aromatic rings. The monoisotopic (exact) mass is 222 g/mol. The van der Waals surface area contributed by atoms with E-state index in [1.54, 1.807) is 11.2 Å². The maximum absolute atomic E-state index is 11.6. The van der Waals surface area contributed by atoms with Gasteiger partial charge in [-0.2, -0.15) is 5.06 Å². The highest BCUT2D eigenvalue weighted by atomic mass is 16.5. The number of urea groups is 1. The second kappa shape index (κ2) is 3.21. The molecule has 0 aliphatic carbocycles. The van der Waals surface area contributed by atoms with Crippen LogP contribution in [0.1, 0.15) is 30.8 Å². The molecule has 0 radical (unpaired) electrons. The Kier molecular flexibility index (Phi) is 1.94. The minimum Gasteiger partial charge on any atom is -0.333 e. The van der Waals surface area contributed by atoms with E-state index in [9.17, 15) is 10.0 Å². The molecule has 2 aliphatic heterocycles. The predicted molar refractivity (Wildman–Crippen MR) is 54.7 cm³/mol. The quantitative estimate of drug-likeness (QED) is 0.758.